The molecule has 0 radical (unpaired) electrons. The summed E-state index contributed by atoms with van der Waals surface area (Å²) in [4.78, 5) is 12.3. The Labute approximate surface area is 92.2 Å². The Morgan fingerprint density at radius 1 is 1.27 bits per heavy atom. The Morgan fingerprint density at radius 3 is 2.67 bits per heavy atom. The third-order valence-electron chi connectivity index (χ3n) is 1.94. The molecule has 15 heavy (non-hydrogen) atoms. The van der Waals surface area contributed by atoms with E-state index in [4.69, 9.17) is 17.3 Å². The first kappa shape index (κ1) is 10.0. The minimum Gasteiger partial charge on any atom is -0.325 e. The van der Waals surface area contributed by atoms with E-state index in [1.54, 1.807) is 18.6 Å². The Morgan fingerprint density at radius 2 is 2.00 bits per heavy atom. The van der Waals surface area contributed by atoms with Crippen molar-refractivity contribution in [1.82, 2.24) is 15.0 Å². The fourth-order valence-corrected chi connectivity index (χ4v) is 1.40. The Balaban J connectivity index is 2.52. The molecule has 0 aliphatic heterocycles. The molecule has 0 aromatic carbocycles. The highest BCUT2D eigenvalue weighted by molar-refractivity contribution is 6.31. The highest BCUT2D eigenvalue weighted by Crippen LogP contribution is 2.22. The predicted molar refractivity (Wildman–Crippen MR) is 58.2 cm³/mol. The summed E-state index contributed by atoms with van der Waals surface area (Å²) in [5, 5.41) is 0.374. The molecule has 0 saturated heterocycles. The van der Waals surface area contributed by atoms with Crippen LogP contribution in [0.2, 0.25) is 5.15 Å². The van der Waals surface area contributed by atoms with Gasteiger partial charge in [-0.05, 0) is 12.1 Å². The molecule has 76 valence electrons. The van der Waals surface area contributed by atoms with Gasteiger partial charge in [0.25, 0.3) is 0 Å². The van der Waals surface area contributed by atoms with Crippen LogP contribution in [-0.2, 0) is 6.54 Å². The van der Waals surface area contributed by atoms with Crippen LogP contribution in [0.3, 0.4) is 0 Å². The van der Waals surface area contributed by atoms with Crippen molar-refractivity contribution >= 4 is 11.6 Å². The van der Waals surface area contributed by atoms with Crippen molar-refractivity contribution in [2.45, 2.75) is 6.54 Å². The lowest BCUT2D eigenvalue weighted by molar-refractivity contribution is 0.967. The first-order valence-electron chi connectivity index (χ1n) is 4.43. The van der Waals surface area contributed by atoms with E-state index in [2.05, 4.69) is 15.0 Å². The second-order valence-corrected chi connectivity index (χ2v) is 3.30. The standard InChI is InChI=1S/C10H9ClN4/c11-10-9(7-1-3-13-4-2-7)15-8(5-12)6-14-10/h1-4,6H,5,12H2. The number of rotatable bonds is 2. The number of nitrogens with two attached hydrogens (primary N) is 1. The van der Waals surface area contributed by atoms with Gasteiger partial charge in [0.15, 0.2) is 5.15 Å². The van der Waals surface area contributed by atoms with Crippen molar-refractivity contribution in [3.8, 4) is 11.3 Å². The summed E-state index contributed by atoms with van der Waals surface area (Å²) in [6.07, 6.45) is 4.94. The van der Waals surface area contributed by atoms with Crippen LogP contribution in [0, 0.1) is 0 Å². The fourth-order valence-electron chi connectivity index (χ4n) is 1.20. The molecule has 5 heteroatoms. The number of hydrogen-bond donors (Lipinski definition) is 1. The molecule has 2 heterocycles. The van der Waals surface area contributed by atoms with Gasteiger partial charge in [0.1, 0.15) is 5.69 Å². The Kier molecular flexibility index (Phi) is 2.89. The van der Waals surface area contributed by atoms with Gasteiger partial charge in [-0.1, -0.05) is 11.6 Å². The second kappa shape index (κ2) is 4.33. The van der Waals surface area contributed by atoms with Crippen molar-refractivity contribution in [2.75, 3.05) is 0 Å². The van der Waals surface area contributed by atoms with E-state index in [1.807, 2.05) is 12.1 Å². The van der Waals surface area contributed by atoms with Gasteiger partial charge >= 0.3 is 0 Å². The summed E-state index contributed by atoms with van der Waals surface area (Å²) in [7, 11) is 0. The van der Waals surface area contributed by atoms with Crippen molar-refractivity contribution in [3.63, 3.8) is 0 Å². The number of hydrogen-bond acceptors (Lipinski definition) is 4. The van der Waals surface area contributed by atoms with Gasteiger partial charge in [0.2, 0.25) is 0 Å². The normalized spacial score (nSPS) is 10.3. The molecule has 0 aliphatic rings. The quantitative estimate of drug-likeness (QED) is 0.836. The molecule has 0 atom stereocenters. The number of aromatic nitrogens is 3. The molecule has 2 aromatic heterocycles. The average Bonchev–Trinajstić information content (AvgIpc) is 2.31. The van der Waals surface area contributed by atoms with Gasteiger partial charge in [-0.2, -0.15) is 0 Å². The maximum atomic E-state index is 5.95. The summed E-state index contributed by atoms with van der Waals surface area (Å²) in [5.41, 5.74) is 7.73. The predicted octanol–water partition coefficient (Wildman–Crippen LogP) is 1.65. The summed E-state index contributed by atoms with van der Waals surface area (Å²) in [6.45, 7) is 0.349. The molecule has 0 spiro atoms. The van der Waals surface area contributed by atoms with Crippen molar-refractivity contribution in [1.29, 1.82) is 0 Å². The largest absolute Gasteiger partial charge is 0.325 e. The van der Waals surface area contributed by atoms with Crippen LogP contribution in [0.25, 0.3) is 11.3 Å². The van der Waals surface area contributed by atoms with Crippen LogP contribution in [0.1, 0.15) is 5.69 Å². The van der Waals surface area contributed by atoms with Crippen LogP contribution >= 0.6 is 11.6 Å². The van der Waals surface area contributed by atoms with Gasteiger partial charge < -0.3 is 5.73 Å². The summed E-state index contributed by atoms with van der Waals surface area (Å²) in [6, 6.07) is 3.66. The Bertz CT molecular complexity index is 458. The van der Waals surface area contributed by atoms with Crippen LogP contribution in [0.4, 0.5) is 0 Å². The topological polar surface area (TPSA) is 64.7 Å². The minimum absolute atomic E-state index is 0.349. The van der Waals surface area contributed by atoms with E-state index < -0.39 is 0 Å². The highest BCUT2D eigenvalue weighted by Gasteiger charge is 2.06. The first-order valence-corrected chi connectivity index (χ1v) is 4.81. The lowest BCUT2D eigenvalue weighted by Crippen LogP contribution is -2.02. The zero-order valence-corrected chi connectivity index (χ0v) is 8.65. The zero-order valence-electron chi connectivity index (χ0n) is 7.89. The monoisotopic (exact) mass is 220 g/mol. The van der Waals surface area contributed by atoms with E-state index in [0.29, 0.717) is 23.1 Å². The van der Waals surface area contributed by atoms with Gasteiger partial charge in [-0.25, -0.2) is 9.97 Å². The van der Waals surface area contributed by atoms with E-state index in [9.17, 15) is 0 Å². The molecule has 0 aliphatic carbocycles. The third kappa shape index (κ3) is 2.11. The molecule has 0 fully saturated rings. The van der Waals surface area contributed by atoms with Gasteiger partial charge in [-0.15, -0.1) is 0 Å². The lowest BCUT2D eigenvalue weighted by atomic mass is 10.2. The molecular weight excluding hydrogens is 212 g/mol. The van der Waals surface area contributed by atoms with E-state index in [0.717, 1.165) is 5.56 Å². The van der Waals surface area contributed by atoms with Crippen LogP contribution in [0.5, 0.6) is 0 Å². The molecule has 0 saturated carbocycles. The van der Waals surface area contributed by atoms with E-state index >= 15 is 0 Å². The summed E-state index contributed by atoms with van der Waals surface area (Å²) >= 11 is 5.95. The summed E-state index contributed by atoms with van der Waals surface area (Å²) < 4.78 is 0. The zero-order chi connectivity index (χ0) is 10.7. The molecule has 2 aromatic rings. The van der Waals surface area contributed by atoms with Crippen molar-refractivity contribution in [3.05, 3.63) is 41.6 Å². The smallest absolute Gasteiger partial charge is 0.155 e. The number of nitrogens with zero attached hydrogens (tertiary/aromatic N) is 3. The van der Waals surface area contributed by atoms with Gasteiger partial charge in [0.05, 0.1) is 11.9 Å². The van der Waals surface area contributed by atoms with E-state index in [-0.39, 0.29) is 0 Å². The maximum absolute atomic E-state index is 5.95. The summed E-state index contributed by atoms with van der Waals surface area (Å²) in [5.74, 6) is 0. The van der Waals surface area contributed by atoms with Crippen LogP contribution in [-0.4, -0.2) is 15.0 Å². The number of halogens is 1. The Hall–Kier alpha value is -1.52. The molecule has 0 amide bonds. The van der Waals surface area contributed by atoms with Crippen LogP contribution < -0.4 is 5.73 Å². The molecule has 2 N–H and O–H groups in total. The molecule has 2 rings (SSSR count). The van der Waals surface area contributed by atoms with Crippen molar-refractivity contribution < 1.29 is 0 Å². The first-order chi connectivity index (χ1) is 7.31. The van der Waals surface area contributed by atoms with Gasteiger partial charge in [-0.3, -0.25) is 4.98 Å². The SMILES string of the molecule is NCc1cnc(Cl)c(-c2ccncc2)n1. The molecule has 0 bridgehead atoms. The van der Waals surface area contributed by atoms with Gasteiger partial charge in [0, 0.05) is 24.5 Å². The maximum Gasteiger partial charge on any atom is 0.155 e. The van der Waals surface area contributed by atoms with Crippen LogP contribution in [0.15, 0.2) is 30.7 Å². The fraction of sp³-hybridized carbons (Fsp3) is 0.100. The molecule has 0 unspecified atom stereocenters. The molecular formula is C10H9ClN4. The molecule has 4 nitrogen and oxygen atoms in total. The second-order valence-electron chi connectivity index (χ2n) is 2.94. The van der Waals surface area contributed by atoms with Crippen molar-refractivity contribution in [2.24, 2.45) is 5.73 Å². The van der Waals surface area contributed by atoms with E-state index in [1.165, 1.54) is 0 Å². The lowest BCUT2D eigenvalue weighted by Gasteiger charge is -2.04. The number of pyridine rings is 1. The average molecular weight is 221 g/mol. The third-order valence-corrected chi connectivity index (χ3v) is 2.22. The minimum atomic E-state index is 0.349. The highest BCUT2D eigenvalue weighted by atomic mass is 35.5.